The second-order valence-electron chi connectivity index (χ2n) is 6.49. The molecule has 2 aliphatic rings. The Morgan fingerprint density at radius 2 is 2.00 bits per heavy atom. The number of carbonyl (C=O) groups excluding carboxylic acids is 2. The molecule has 1 saturated heterocycles. The minimum absolute atomic E-state index is 0.141. The van der Waals surface area contributed by atoms with Gasteiger partial charge in [-0.3, -0.25) is 14.6 Å². The van der Waals surface area contributed by atoms with Gasteiger partial charge in [-0.05, 0) is 43.0 Å². The van der Waals surface area contributed by atoms with Crippen molar-refractivity contribution in [1.82, 2.24) is 4.90 Å². The predicted octanol–water partition coefficient (Wildman–Crippen LogP) is 1.50. The molecule has 6 nitrogen and oxygen atoms in total. The molecule has 1 aromatic rings. The zero-order valence-electron chi connectivity index (χ0n) is 13.6. The fraction of sp³-hybridized carbons (Fsp3) is 0.471. The SMILES string of the molecule is CC1CCCN(C(=O)C2=NN(c3ccc(F)cc3)C(C(N)=O)C2)C1. The van der Waals surface area contributed by atoms with Gasteiger partial charge < -0.3 is 10.6 Å². The third kappa shape index (κ3) is 3.25. The standard InChI is InChI=1S/C17H21FN4O2/c1-11-3-2-8-21(10-11)17(24)14-9-15(16(19)23)22(20-14)13-6-4-12(18)5-7-13/h4-7,11,15H,2-3,8-10H2,1H3,(H2,19,23). The van der Waals surface area contributed by atoms with Crippen LogP contribution in [0.5, 0.6) is 0 Å². The molecule has 1 fully saturated rings. The van der Waals surface area contributed by atoms with E-state index in [4.69, 9.17) is 5.73 Å². The van der Waals surface area contributed by atoms with Gasteiger partial charge in [-0.2, -0.15) is 5.10 Å². The molecule has 0 bridgehead atoms. The van der Waals surface area contributed by atoms with Crippen LogP contribution in [-0.2, 0) is 9.59 Å². The van der Waals surface area contributed by atoms with Crippen molar-refractivity contribution < 1.29 is 14.0 Å². The fourth-order valence-electron chi connectivity index (χ4n) is 3.25. The third-order valence-corrected chi connectivity index (χ3v) is 4.52. The normalized spacial score (nSPS) is 24.0. The smallest absolute Gasteiger partial charge is 0.270 e. The Hall–Kier alpha value is -2.44. The third-order valence-electron chi connectivity index (χ3n) is 4.52. The van der Waals surface area contributed by atoms with Gasteiger partial charge in [0.05, 0.1) is 5.69 Å². The lowest BCUT2D eigenvalue weighted by molar-refractivity contribution is -0.125. The maximum atomic E-state index is 13.1. The van der Waals surface area contributed by atoms with Crippen LogP contribution < -0.4 is 10.7 Å². The highest BCUT2D eigenvalue weighted by atomic mass is 19.1. The molecule has 2 amide bonds. The number of rotatable bonds is 3. The van der Waals surface area contributed by atoms with Crippen LogP contribution in [0.15, 0.2) is 29.4 Å². The first-order chi connectivity index (χ1) is 11.5. The van der Waals surface area contributed by atoms with Crippen LogP contribution >= 0.6 is 0 Å². The number of carbonyl (C=O) groups is 2. The molecule has 24 heavy (non-hydrogen) atoms. The molecule has 3 rings (SSSR count). The van der Waals surface area contributed by atoms with Gasteiger partial charge in [0, 0.05) is 19.5 Å². The lowest BCUT2D eigenvalue weighted by Crippen LogP contribution is -2.43. The number of halogens is 1. The average molecular weight is 332 g/mol. The van der Waals surface area contributed by atoms with Crippen molar-refractivity contribution in [3.63, 3.8) is 0 Å². The molecule has 1 aromatic carbocycles. The van der Waals surface area contributed by atoms with Crippen molar-refractivity contribution in [3.05, 3.63) is 30.1 Å². The number of likely N-dealkylation sites (tertiary alicyclic amines) is 1. The van der Waals surface area contributed by atoms with Gasteiger partial charge in [0.15, 0.2) is 0 Å². The average Bonchev–Trinajstić information content (AvgIpc) is 3.00. The number of hydrogen-bond acceptors (Lipinski definition) is 4. The summed E-state index contributed by atoms with van der Waals surface area (Å²) in [6, 6.07) is 4.89. The van der Waals surface area contributed by atoms with Gasteiger partial charge in [-0.25, -0.2) is 4.39 Å². The molecule has 128 valence electrons. The van der Waals surface area contributed by atoms with Crippen LogP contribution in [-0.4, -0.2) is 41.6 Å². The van der Waals surface area contributed by atoms with Crippen LogP contribution in [0.25, 0.3) is 0 Å². The van der Waals surface area contributed by atoms with E-state index in [0.29, 0.717) is 30.4 Å². The summed E-state index contributed by atoms with van der Waals surface area (Å²) in [6.45, 7) is 3.53. The van der Waals surface area contributed by atoms with Crippen LogP contribution in [0.4, 0.5) is 10.1 Å². The van der Waals surface area contributed by atoms with Crippen LogP contribution in [0.3, 0.4) is 0 Å². The van der Waals surface area contributed by atoms with Crippen molar-refractivity contribution >= 4 is 23.2 Å². The first-order valence-electron chi connectivity index (χ1n) is 8.16. The van der Waals surface area contributed by atoms with Gasteiger partial charge in [0.2, 0.25) is 5.91 Å². The highest BCUT2D eigenvalue weighted by Gasteiger charge is 2.37. The first kappa shape index (κ1) is 16.4. The molecule has 2 atom stereocenters. The van der Waals surface area contributed by atoms with Gasteiger partial charge in [0.1, 0.15) is 17.6 Å². The van der Waals surface area contributed by atoms with E-state index in [2.05, 4.69) is 12.0 Å². The maximum absolute atomic E-state index is 13.1. The summed E-state index contributed by atoms with van der Waals surface area (Å²) >= 11 is 0. The molecule has 7 heteroatoms. The van der Waals surface area contributed by atoms with Crippen LogP contribution in [0.2, 0.25) is 0 Å². The molecule has 2 aliphatic heterocycles. The molecule has 0 spiro atoms. The summed E-state index contributed by atoms with van der Waals surface area (Å²) in [4.78, 5) is 26.2. The van der Waals surface area contributed by atoms with Crippen molar-refractivity contribution in [3.8, 4) is 0 Å². The number of piperidine rings is 1. The second-order valence-corrected chi connectivity index (χ2v) is 6.49. The fourth-order valence-corrected chi connectivity index (χ4v) is 3.25. The van der Waals surface area contributed by atoms with Gasteiger partial charge in [-0.15, -0.1) is 0 Å². The maximum Gasteiger partial charge on any atom is 0.270 e. The molecule has 0 aromatic heterocycles. The van der Waals surface area contributed by atoms with Crippen molar-refractivity contribution in [2.75, 3.05) is 18.1 Å². The van der Waals surface area contributed by atoms with E-state index < -0.39 is 11.9 Å². The van der Waals surface area contributed by atoms with E-state index in [1.165, 1.54) is 29.3 Å². The Labute approximate surface area is 140 Å². The zero-order chi connectivity index (χ0) is 17.3. The van der Waals surface area contributed by atoms with Crippen LogP contribution in [0.1, 0.15) is 26.2 Å². The zero-order valence-corrected chi connectivity index (χ0v) is 13.6. The molecule has 0 radical (unpaired) electrons. The van der Waals surface area contributed by atoms with Gasteiger partial charge in [-0.1, -0.05) is 6.92 Å². The van der Waals surface area contributed by atoms with E-state index in [0.717, 1.165) is 12.8 Å². The topological polar surface area (TPSA) is 79.0 Å². The van der Waals surface area contributed by atoms with E-state index in [-0.39, 0.29) is 18.1 Å². The summed E-state index contributed by atoms with van der Waals surface area (Å²) in [5.74, 6) is -0.615. The van der Waals surface area contributed by atoms with E-state index in [1.807, 2.05) is 0 Å². The van der Waals surface area contributed by atoms with E-state index in [1.54, 1.807) is 4.90 Å². The summed E-state index contributed by atoms with van der Waals surface area (Å²) in [5.41, 5.74) is 6.33. The molecular weight excluding hydrogens is 311 g/mol. The number of primary amides is 1. The number of hydrazone groups is 1. The Balaban J connectivity index is 1.83. The summed E-state index contributed by atoms with van der Waals surface area (Å²) < 4.78 is 13.1. The Bertz CT molecular complexity index is 674. The molecule has 2 N–H and O–H groups in total. The number of nitrogens with two attached hydrogens (primary N) is 1. The number of anilines is 1. The second kappa shape index (κ2) is 6.59. The minimum Gasteiger partial charge on any atom is -0.368 e. The summed E-state index contributed by atoms with van der Waals surface area (Å²) in [7, 11) is 0. The summed E-state index contributed by atoms with van der Waals surface area (Å²) in [5, 5.41) is 5.75. The minimum atomic E-state index is -0.725. The summed E-state index contributed by atoms with van der Waals surface area (Å²) in [6.07, 6.45) is 2.26. The highest BCUT2D eigenvalue weighted by Crippen LogP contribution is 2.26. The van der Waals surface area contributed by atoms with Crippen molar-refractivity contribution in [2.45, 2.75) is 32.2 Å². The highest BCUT2D eigenvalue weighted by molar-refractivity contribution is 6.40. The van der Waals surface area contributed by atoms with E-state index in [9.17, 15) is 14.0 Å². The Morgan fingerprint density at radius 3 is 2.62 bits per heavy atom. The number of benzene rings is 1. The monoisotopic (exact) mass is 332 g/mol. The molecule has 0 saturated carbocycles. The van der Waals surface area contributed by atoms with Gasteiger partial charge in [0.25, 0.3) is 5.91 Å². The van der Waals surface area contributed by atoms with Crippen molar-refractivity contribution in [1.29, 1.82) is 0 Å². The van der Waals surface area contributed by atoms with Crippen molar-refractivity contribution in [2.24, 2.45) is 16.8 Å². The molecule has 2 heterocycles. The molecule has 2 unspecified atom stereocenters. The van der Waals surface area contributed by atoms with E-state index >= 15 is 0 Å². The largest absolute Gasteiger partial charge is 0.368 e. The predicted molar refractivity (Wildman–Crippen MR) is 88.9 cm³/mol. The lowest BCUT2D eigenvalue weighted by Gasteiger charge is -2.30. The number of amides is 2. The number of hydrogen-bond donors (Lipinski definition) is 1. The lowest BCUT2D eigenvalue weighted by atomic mass is 9.99. The van der Waals surface area contributed by atoms with Crippen LogP contribution in [0, 0.1) is 11.7 Å². The first-order valence-corrected chi connectivity index (χ1v) is 8.16. The Morgan fingerprint density at radius 1 is 1.29 bits per heavy atom. The molecular formula is C17H21FN4O2. The van der Waals surface area contributed by atoms with Gasteiger partial charge >= 0.3 is 0 Å². The quantitative estimate of drug-likeness (QED) is 0.911. The Kier molecular flexibility index (Phi) is 4.51. The molecule has 0 aliphatic carbocycles. The number of nitrogens with zero attached hydrogens (tertiary/aromatic N) is 3.